The minimum atomic E-state index is -1.06. The molecule has 0 aromatic heterocycles. The zero-order valence-electron chi connectivity index (χ0n) is 9.88. The van der Waals surface area contributed by atoms with Gasteiger partial charge in [0.15, 0.2) is 11.6 Å². The Labute approximate surface area is 123 Å². The van der Waals surface area contributed by atoms with Crippen LogP contribution in [0.25, 0.3) is 0 Å². The van der Waals surface area contributed by atoms with Crippen LogP contribution in [-0.2, 0) is 0 Å². The van der Waals surface area contributed by atoms with Crippen LogP contribution in [-0.4, -0.2) is 6.03 Å². The predicted octanol–water partition coefficient (Wildman–Crippen LogP) is 4.92. The Kier molecular flexibility index (Phi) is 4.42. The largest absolute Gasteiger partial charge is 0.323 e. The number of hydrogen-bond donors (Lipinski definition) is 2. The highest BCUT2D eigenvalue weighted by Crippen LogP contribution is 2.29. The van der Waals surface area contributed by atoms with Gasteiger partial charge in [0.25, 0.3) is 0 Å². The average molecular weight is 317 g/mol. The van der Waals surface area contributed by atoms with Crippen molar-refractivity contribution in [3.05, 3.63) is 58.1 Å². The molecule has 0 fully saturated rings. The molecule has 0 radical (unpaired) electrons. The number of nitrogens with one attached hydrogen (secondary N) is 2. The van der Waals surface area contributed by atoms with Gasteiger partial charge in [-0.15, -0.1) is 0 Å². The Morgan fingerprint density at radius 2 is 1.60 bits per heavy atom. The molecule has 0 saturated heterocycles. The standard InChI is InChI=1S/C13H8Cl2F2N2O/c14-8-2-1-3-9(15)12(8)19-13(20)18-7-4-5-10(16)11(17)6-7/h1-6H,(H2,18,19,20). The molecule has 0 atom stereocenters. The van der Waals surface area contributed by atoms with E-state index in [0.717, 1.165) is 12.1 Å². The Morgan fingerprint density at radius 1 is 0.950 bits per heavy atom. The summed E-state index contributed by atoms with van der Waals surface area (Å²) in [6.07, 6.45) is 0. The van der Waals surface area contributed by atoms with Crippen LogP contribution in [0.2, 0.25) is 10.0 Å². The van der Waals surface area contributed by atoms with Gasteiger partial charge in [-0.1, -0.05) is 29.3 Å². The molecule has 0 heterocycles. The molecule has 0 unspecified atom stereocenters. The molecule has 0 bridgehead atoms. The van der Waals surface area contributed by atoms with Crippen LogP contribution in [0.15, 0.2) is 36.4 Å². The summed E-state index contributed by atoms with van der Waals surface area (Å²) in [7, 11) is 0. The Bertz CT molecular complexity index is 645. The second-order valence-electron chi connectivity index (χ2n) is 3.80. The quantitative estimate of drug-likeness (QED) is 0.811. The van der Waals surface area contributed by atoms with Gasteiger partial charge in [0.1, 0.15) is 0 Å². The summed E-state index contributed by atoms with van der Waals surface area (Å²) in [5.41, 5.74) is 0.334. The van der Waals surface area contributed by atoms with Crippen molar-refractivity contribution in [2.24, 2.45) is 0 Å². The number of anilines is 2. The van der Waals surface area contributed by atoms with E-state index in [1.54, 1.807) is 18.2 Å². The lowest BCUT2D eigenvalue weighted by Gasteiger charge is -2.10. The van der Waals surface area contributed by atoms with Gasteiger partial charge in [-0.2, -0.15) is 0 Å². The van der Waals surface area contributed by atoms with E-state index < -0.39 is 17.7 Å². The summed E-state index contributed by atoms with van der Waals surface area (Å²) in [6.45, 7) is 0. The number of hydrogen-bond acceptors (Lipinski definition) is 1. The zero-order valence-corrected chi connectivity index (χ0v) is 11.4. The van der Waals surface area contributed by atoms with Crippen LogP contribution in [0.3, 0.4) is 0 Å². The van der Waals surface area contributed by atoms with Crippen molar-refractivity contribution >= 4 is 40.6 Å². The van der Waals surface area contributed by atoms with Crippen LogP contribution >= 0.6 is 23.2 Å². The van der Waals surface area contributed by atoms with E-state index in [9.17, 15) is 13.6 Å². The van der Waals surface area contributed by atoms with Gasteiger partial charge in [0.05, 0.1) is 15.7 Å². The average Bonchev–Trinajstić information content (AvgIpc) is 2.38. The maximum Gasteiger partial charge on any atom is 0.323 e. The lowest BCUT2D eigenvalue weighted by Crippen LogP contribution is -2.20. The summed E-state index contributed by atoms with van der Waals surface area (Å²) < 4.78 is 25.7. The van der Waals surface area contributed by atoms with Gasteiger partial charge in [-0.05, 0) is 24.3 Å². The number of carbonyl (C=O) groups is 1. The monoisotopic (exact) mass is 316 g/mol. The third kappa shape index (κ3) is 3.37. The first kappa shape index (κ1) is 14.6. The van der Waals surface area contributed by atoms with Gasteiger partial charge in [0, 0.05) is 11.8 Å². The third-order valence-electron chi connectivity index (χ3n) is 2.38. The first-order valence-corrected chi connectivity index (χ1v) is 6.20. The van der Waals surface area contributed by atoms with Crippen molar-refractivity contribution in [2.45, 2.75) is 0 Å². The van der Waals surface area contributed by atoms with Crippen LogP contribution in [0.5, 0.6) is 0 Å². The fourth-order valence-electron chi connectivity index (χ4n) is 1.47. The summed E-state index contributed by atoms with van der Waals surface area (Å²) in [6, 6.07) is 7.07. The van der Waals surface area contributed by atoms with Gasteiger partial charge in [-0.3, -0.25) is 0 Å². The molecule has 0 saturated carbocycles. The molecule has 104 valence electrons. The second-order valence-corrected chi connectivity index (χ2v) is 4.62. The number of carbonyl (C=O) groups excluding carboxylic acids is 1. The van der Waals surface area contributed by atoms with Gasteiger partial charge >= 0.3 is 6.03 Å². The summed E-state index contributed by atoms with van der Waals surface area (Å²) in [5.74, 6) is -2.05. The minimum absolute atomic E-state index is 0.101. The number of amides is 2. The van der Waals surface area contributed by atoms with Crippen LogP contribution in [0.1, 0.15) is 0 Å². The van der Waals surface area contributed by atoms with Crippen molar-refractivity contribution in [1.82, 2.24) is 0 Å². The molecule has 0 aliphatic heterocycles. The molecule has 0 aliphatic carbocycles. The molecule has 0 spiro atoms. The third-order valence-corrected chi connectivity index (χ3v) is 3.01. The predicted molar refractivity (Wildman–Crippen MR) is 75.5 cm³/mol. The summed E-state index contributed by atoms with van der Waals surface area (Å²) in [4.78, 5) is 11.7. The SMILES string of the molecule is O=C(Nc1ccc(F)c(F)c1)Nc1c(Cl)cccc1Cl. The zero-order chi connectivity index (χ0) is 14.7. The molecule has 2 aromatic rings. The molecule has 7 heteroatoms. The number of urea groups is 1. The number of para-hydroxylation sites is 1. The molecular weight excluding hydrogens is 309 g/mol. The first-order valence-electron chi connectivity index (χ1n) is 5.44. The smallest absolute Gasteiger partial charge is 0.308 e. The van der Waals surface area contributed by atoms with Gasteiger partial charge < -0.3 is 10.6 Å². The van der Waals surface area contributed by atoms with E-state index in [2.05, 4.69) is 10.6 Å². The Morgan fingerprint density at radius 3 is 2.20 bits per heavy atom. The van der Waals surface area contributed by atoms with Crippen molar-refractivity contribution in [3.8, 4) is 0 Å². The molecule has 2 rings (SSSR count). The lowest BCUT2D eigenvalue weighted by molar-refractivity contribution is 0.262. The summed E-state index contributed by atoms with van der Waals surface area (Å²) >= 11 is 11.8. The summed E-state index contributed by atoms with van der Waals surface area (Å²) in [5, 5.41) is 5.29. The highest BCUT2D eigenvalue weighted by molar-refractivity contribution is 6.39. The minimum Gasteiger partial charge on any atom is -0.308 e. The first-order chi connectivity index (χ1) is 9.47. The number of rotatable bonds is 2. The molecule has 20 heavy (non-hydrogen) atoms. The van der Waals surface area contributed by atoms with Crippen molar-refractivity contribution in [2.75, 3.05) is 10.6 Å². The van der Waals surface area contributed by atoms with E-state index in [-0.39, 0.29) is 21.4 Å². The topological polar surface area (TPSA) is 41.1 Å². The van der Waals surface area contributed by atoms with E-state index >= 15 is 0 Å². The fourth-order valence-corrected chi connectivity index (χ4v) is 1.96. The normalized spacial score (nSPS) is 10.2. The molecule has 2 amide bonds. The maximum absolute atomic E-state index is 13.0. The number of benzene rings is 2. The molecular formula is C13H8Cl2F2N2O. The van der Waals surface area contributed by atoms with Gasteiger partial charge in [0.2, 0.25) is 0 Å². The second kappa shape index (κ2) is 6.07. The van der Waals surface area contributed by atoms with Crippen LogP contribution < -0.4 is 10.6 Å². The molecule has 0 aliphatic rings. The van der Waals surface area contributed by atoms with Crippen molar-refractivity contribution in [3.63, 3.8) is 0 Å². The van der Waals surface area contributed by atoms with E-state index in [0.29, 0.717) is 0 Å². The van der Waals surface area contributed by atoms with Gasteiger partial charge in [-0.25, -0.2) is 13.6 Å². The molecule has 2 N–H and O–H groups in total. The lowest BCUT2D eigenvalue weighted by atomic mass is 10.3. The number of halogens is 4. The van der Waals surface area contributed by atoms with E-state index in [4.69, 9.17) is 23.2 Å². The Balaban J connectivity index is 2.11. The van der Waals surface area contributed by atoms with E-state index in [1.807, 2.05) is 0 Å². The van der Waals surface area contributed by atoms with Crippen molar-refractivity contribution < 1.29 is 13.6 Å². The fraction of sp³-hybridized carbons (Fsp3) is 0. The highest BCUT2D eigenvalue weighted by Gasteiger charge is 2.10. The molecule has 3 nitrogen and oxygen atoms in total. The molecule has 2 aromatic carbocycles. The maximum atomic E-state index is 13.0. The van der Waals surface area contributed by atoms with Crippen LogP contribution in [0.4, 0.5) is 25.0 Å². The van der Waals surface area contributed by atoms with Crippen molar-refractivity contribution in [1.29, 1.82) is 0 Å². The van der Waals surface area contributed by atoms with E-state index in [1.165, 1.54) is 6.07 Å². The highest BCUT2D eigenvalue weighted by atomic mass is 35.5. The Hall–Kier alpha value is -1.85. The van der Waals surface area contributed by atoms with Crippen LogP contribution in [0, 0.1) is 11.6 Å².